The summed E-state index contributed by atoms with van der Waals surface area (Å²) in [6, 6.07) is 7.78. The van der Waals surface area contributed by atoms with Gasteiger partial charge in [-0.15, -0.1) is 0 Å². The molecule has 9 nitrogen and oxygen atoms in total. The summed E-state index contributed by atoms with van der Waals surface area (Å²) in [5, 5.41) is 2.65. The molecular formula is C19H23N3O6S. The van der Waals surface area contributed by atoms with Crippen molar-refractivity contribution in [3.8, 4) is 0 Å². The van der Waals surface area contributed by atoms with Crippen molar-refractivity contribution in [1.29, 1.82) is 0 Å². The van der Waals surface area contributed by atoms with Crippen LogP contribution in [0.1, 0.15) is 29.2 Å². The van der Waals surface area contributed by atoms with E-state index in [1.54, 1.807) is 31.3 Å². The van der Waals surface area contributed by atoms with Gasteiger partial charge in [-0.2, -0.15) is 4.31 Å². The molecule has 1 saturated heterocycles. The van der Waals surface area contributed by atoms with Crippen molar-refractivity contribution in [3.05, 3.63) is 41.9 Å². The van der Waals surface area contributed by atoms with Crippen LogP contribution in [0, 0.1) is 6.92 Å². The Balaban J connectivity index is 1.74. The average Bonchev–Trinajstić information content (AvgIpc) is 3.38. The number of hydrogen-bond acceptors (Lipinski definition) is 6. The summed E-state index contributed by atoms with van der Waals surface area (Å²) in [5.74, 6) is -0.474. The summed E-state index contributed by atoms with van der Waals surface area (Å²) < 4.78 is 36.9. The van der Waals surface area contributed by atoms with Crippen LogP contribution >= 0.6 is 0 Å². The van der Waals surface area contributed by atoms with Gasteiger partial charge in [0.05, 0.1) is 7.11 Å². The quantitative estimate of drug-likeness (QED) is 0.795. The molecule has 0 atom stereocenters. The molecule has 2 amide bonds. The van der Waals surface area contributed by atoms with E-state index in [2.05, 4.69) is 10.1 Å². The molecule has 1 aromatic heterocycles. The third kappa shape index (κ3) is 4.28. The maximum Gasteiger partial charge on any atom is 0.413 e. The number of methoxy groups -OCH3 is 1. The lowest BCUT2D eigenvalue weighted by atomic mass is 10.2. The second-order valence-electron chi connectivity index (χ2n) is 6.67. The maximum absolute atomic E-state index is 12.7. The van der Waals surface area contributed by atoms with E-state index in [9.17, 15) is 18.0 Å². The Morgan fingerprint density at radius 2 is 1.79 bits per heavy atom. The third-order valence-corrected chi connectivity index (χ3v) is 6.75. The second kappa shape index (κ2) is 8.26. The lowest BCUT2D eigenvalue weighted by molar-refractivity contribution is 0.0995. The standard InChI is InChI=1S/C19H23N3O6S/c1-13-17(29(25,26)22-10-4-5-11-22)12-16(28-13)18(23)20-14-6-8-15(9-7-14)21(2)19(24)27-3/h6-9,12H,4-5,10-11H2,1-3H3,(H,20,23). The number of amides is 2. The van der Waals surface area contributed by atoms with Crippen molar-refractivity contribution in [2.24, 2.45) is 0 Å². The summed E-state index contributed by atoms with van der Waals surface area (Å²) in [7, 11) is -0.819. The minimum Gasteiger partial charge on any atom is -0.455 e. The first-order chi connectivity index (χ1) is 13.7. The topological polar surface area (TPSA) is 109 Å². The fraction of sp³-hybridized carbons (Fsp3) is 0.368. The van der Waals surface area contributed by atoms with E-state index in [0.717, 1.165) is 12.8 Å². The normalized spacial score (nSPS) is 14.6. The van der Waals surface area contributed by atoms with Gasteiger partial charge in [0, 0.05) is 37.6 Å². The van der Waals surface area contributed by atoms with E-state index in [1.807, 2.05) is 0 Å². The zero-order valence-electron chi connectivity index (χ0n) is 16.5. The molecule has 0 unspecified atom stereocenters. The number of rotatable bonds is 5. The number of ether oxygens (including phenoxy) is 1. The largest absolute Gasteiger partial charge is 0.455 e. The maximum atomic E-state index is 12.7. The molecule has 0 radical (unpaired) electrons. The Hall–Kier alpha value is -2.85. The van der Waals surface area contributed by atoms with Crippen LogP contribution in [-0.2, 0) is 14.8 Å². The number of furan rings is 1. The van der Waals surface area contributed by atoms with Crippen LogP contribution in [0.2, 0.25) is 0 Å². The molecule has 29 heavy (non-hydrogen) atoms. The highest BCUT2D eigenvalue weighted by atomic mass is 32.2. The Labute approximate surface area is 169 Å². The van der Waals surface area contributed by atoms with E-state index < -0.39 is 22.0 Å². The van der Waals surface area contributed by atoms with Crippen LogP contribution in [0.15, 0.2) is 39.6 Å². The van der Waals surface area contributed by atoms with Crippen molar-refractivity contribution >= 4 is 33.4 Å². The number of sulfonamides is 1. The monoisotopic (exact) mass is 421 g/mol. The lowest BCUT2D eigenvalue weighted by Gasteiger charge is -2.15. The summed E-state index contributed by atoms with van der Waals surface area (Å²) in [5.41, 5.74) is 1.05. The predicted molar refractivity (Wildman–Crippen MR) is 107 cm³/mol. The third-order valence-electron chi connectivity index (χ3n) is 4.74. The van der Waals surface area contributed by atoms with Gasteiger partial charge in [0.2, 0.25) is 10.0 Å². The van der Waals surface area contributed by atoms with Gasteiger partial charge in [0.25, 0.3) is 5.91 Å². The first kappa shape index (κ1) is 20.9. The summed E-state index contributed by atoms with van der Waals surface area (Å²) in [6.45, 7) is 2.47. The van der Waals surface area contributed by atoms with Crippen LogP contribution < -0.4 is 10.2 Å². The number of carbonyl (C=O) groups is 2. The lowest BCUT2D eigenvalue weighted by Crippen LogP contribution is -2.28. The van der Waals surface area contributed by atoms with Crippen molar-refractivity contribution in [2.45, 2.75) is 24.7 Å². The van der Waals surface area contributed by atoms with E-state index >= 15 is 0 Å². The number of aryl methyl sites for hydroxylation is 1. The number of benzene rings is 1. The van der Waals surface area contributed by atoms with E-state index in [0.29, 0.717) is 24.5 Å². The minimum atomic E-state index is -3.67. The van der Waals surface area contributed by atoms with Gasteiger partial charge >= 0.3 is 6.09 Å². The first-order valence-corrected chi connectivity index (χ1v) is 10.5. The minimum absolute atomic E-state index is 0.0135. The molecule has 1 aliphatic heterocycles. The van der Waals surface area contributed by atoms with E-state index in [1.165, 1.54) is 29.3 Å². The summed E-state index contributed by atoms with van der Waals surface area (Å²) in [6.07, 6.45) is 1.13. The number of nitrogens with zero attached hydrogens (tertiary/aromatic N) is 2. The molecule has 1 fully saturated rings. The molecule has 1 aliphatic rings. The number of nitrogens with one attached hydrogen (secondary N) is 1. The van der Waals surface area contributed by atoms with Crippen molar-refractivity contribution in [3.63, 3.8) is 0 Å². The molecule has 0 spiro atoms. The Morgan fingerprint density at radius 3 is 2.38 bits per heavy atom. The van der Waals surface area contributed by atoms with E-state index in [-0.39, 0.29) is 16.4 Å². The van der Waals surface area contributed by atoms with Gasteiger partial charge in [-0.1, -0.05) is 0 Å². The highest BCUT2D eigenvalue weighted by Gasteiger charge is 2.31. The van der Waals surface area contributed by atoms with Crippen LogP contribution in [-0.4, -0.2) is 52.0 Å². The molecule has 3 rings (SSSR count). The number of anilines is 2. The van der Waals surface area contributed by atoms with Gasteiger partial charge in [-0.05, 0) is 44.0 Å². The molecule has 0 saturated carbocycles. The number of carbonyl (C=O) groups excluding carboxylic acids is 2. The number of hydrogen-bond donors (Lipinski definition) is 1. The molecule has 1 N–H and O–H groups in total. The van der Waals surface area contributed by atoms with Gasteiger partial charge < -0.3 is 14.5 Å². The van der Waals surface area contributed by atoms with Crippen molar-refractivity contribution in [1.82, 2.24) is 4.31 Å². The second-order valence-corrected chi connectivity index (χ2v) is 8.58. The fourth-order valence-electron chi connectivity index (χ4n) is 3.10. The Bertz CT molecular complexity index is 1010. The first-order valence-electron chi connectivity index (χ1n) is 9.07. The summed E-state index contributed by atoms with van der Waals surface area (Å²) >= 11 is 0. The molecule has 0 aliphatic carbocycles. The SMILES string of the molecule is COC(=O)N(C)c1ccc(NC(=O)c2cc(S(=O)(=O)N3CCCC3)c(C)o2)cc1. The molecule has 2 heterocycles. The Kier molecular flexibility index (Phi) is 5.94. The molecule has 0 bridgehead atoms. The smallest absolute Gasteiger partial charge is 0.413 e. The van der Waals surface area contributed by atoms with Gasteiger partial charge in [0.15, 0.2) is 5.76 Å². The predicted octanol–water partition coefficient (Wildman–Crippen LogP) is 2.83. The van der Waals surface area contributed by atoms with Crippen LogP contribution in [0.4, 0.5) is 16.2 Å². The van der Waals surface area contributed by atoms with Crippen molar-refractivity contribution in [2.75, 3.05) is 37.5 Å². The highest BCUT2D eigenvalue weighted by molar-refractivity contribution is 7.89. The van der Waals surface area contributed by atoms with Gasteiger partial charge in [-0.3, -0.25) is 9.69 Å². The molecule has 10 heteroatoms. The summed E-state index contributed by atoms with van der Waals surface area (Å²) in [4.78, 5) is 25.4. The van der Waals surface area contributed by atoms with Crippen LogP contribution in [0.25, 0.3) is 0 Å². The highest BCUT2D eigenvalue weighted by Crippen LogP contribution is 2.27. The van der Waals surface area contributed by atoms with Crippen LogP contribution in [0.3, 0.4) is 0 Å². The van der Waals surface area contributed by atoms with Gasteiger partial charge in [-0.25, -0.2) is 13.2 Å². The zero-order chi connectivity index (χ0) is 21.2. The molecule has 1 aromatic carbocycles. The molecule has 156 valence electrons. The zero-order valence-corrected chi connectivity index (χ0v) is 17.3. The average molecular weight is 421 g/mol. The molecular weight excluding hydrogens is 398 g/mol. The van der Waals surface area contributed by atoms with E-state index in [4.69, 9.17) is 4.42 Å². The fourth-order valence-corrected chi connectivity index (χ4v) is 4.78. The Morgan fingerprint density at radius 1 is 1.17 bits per heavy atom. The molecule has 2 aromatic rings. The van der Waals surface area contributed by atoms with Crippen molar-refractivity contribution < 1.29 is 27.2 Å². The van der Waals surface area contributed by atoms with Crippen LogP contribution in [0.5, 0.6) is 0 Å². The van der Waals surface area contributed by atoms with Gasteiger partial charge in [0.1, 0.15) is 10.7 Å².